The predicted octanol–water partition coefficient (Wildman–Crippen LogP) is 24.7. The number of esters is 1. The fourth-order valence-electron chi connectivity index (χ4n) is 12.3. The van der Waals surface area contributed by atoms with Gasteiger partial charge in [-0.2, -0.15) is 0 Å². The van der Waals surface area contributed by atoms with Crippen LogP contribution >= 0.6 is 0 Å². The molecule has 0 saturated carbocycles. The maximum absolute atomic E-state index is 12.5. The minimum atomic E-state index is -0.842. The van der Waals surface area contributed by atoms with Crippen molar-refractivity contribution in [3.63, 3.8) is 0 Å². The molecule has 0 radical (unpaired) electrons. The monoisotopic (exact) mass is 1160 g/mol. The molecule has 0 bridgehead atoms. The summed E-state index contributed by atoms with van der Waals surface area (Å²) in [7, 11) is 0. The number of rotatable bonds is 72. The van der Waals surface area contributed by atoms with Crippen molar-refractivity contribution in [1.82, 2.24) is 5.32 Å². The van der Waals surface area contributed by atoms with Gasteiger partial charge in [-0.1, -0.05) is 405 Å². The molecule has 0 aromatic rings. The first-order valence-corrected chi connectivity index (χ1v) is 38.0. The van der Waals surface area contributed by atoms with E-state index >= 15 is 0 Å². The second-order valence-electron chi connectivity index (χ2n) is 26.4. The summed E-state index contributed by atoms with van der Waals surface area (Å²) in [6.45, 7) is 4.96. The minimum absolute atomic E-state index is 0.0232. The van der Waals surface area contributed by atoms with Crippen LogP contribution in [0.1, 0.15) is 438 Å². The fraction of sp³-hybridized carbons (Fsp3) is 0.947. The van der Waals surface area contributed by atoms with Gasteiger partial charge in [0, 0.05) is 12.8 Å². The number of carbonyl (C=O) groups excluding carboxylic acids is 2. The van der Waals surface area contributed by atoms with Crippen LogP contribution in [-0.4, -0.2) is 47.4 Å². The van der Waals surface area contributed by atoms with E-state index in [-0.39, 0.29) is 18.5 Å². The maximum atomic E-state index is 12.5. The molecule has 3 N–H and O–H groups in total. The lowest BCUT2D eigenvalue weighted by Gasteiger charge is -2.20. The Morgan fingerprint density at radius 1 is 0.329 bits per heavy atom. The zero-order chi connectivity index (χ0) is 59.2. The van der Waals surface area contributed by atoms with Crippen molar-refractivity contribution >= 4 is 11.9 Å². The standard InChI is InChI=1S/C76H149NO5/c1-3-5-7-9-11-13-15-17-19-20-21-31-34-37-41-44-48-52-56-60-64-68-74(79)73(72-78)77-75(80)69-65-61-57-53-49-45-42-38-35-32-29-27-25-23-22-24-26-28-30-33-36-39-43-47-51-55-59-63-67-71-82-76(81)70-66-62-58-54-50-46-40-18-16-14-12-10-8-6-4-2/h64,68,73-74,78-79H,3-63,65-67,69-72H2,1-2H3,(H,77,80)/b68-64+. The number of aliphatic hydroxyl groups is 2. The lowest BCUT2D eigenvalue weighted by Crippen LogP contribution is -2.45. The van der Waals surface area contributed by atoms with Gasteiger partial charge in [0.1, 0.15) is 0 Å². The van der Waals surface area contributed by atoms with Crippen LogP contribution in [0.4, 0.5) is 0 Å². The lowest BCUT2D eigenvalue weighted by atomic mass is 10.0. The summed E-state index contributed by atoms with van der Waals surface area (Å²) in [6, 6.07) is -0.625. The van der Waals surface area contributed by atoms with Crippen LogP contribution in [0, 0.1) is 0 Å². The zero-order valence-electron chi connectivity index (χ0n) is 56.0. The van der Waals surface area contributed by atoms with Gasteiger partial charge in [0.25, 0.3) is 0 Å². The molecule has 488 valence electrons. The Bertz CT molecular complexity index is 1240. The van der Waals surface area contributed by atoms with E-state index in [1.165, 1.54) is 372 Å². The molecule has 0 aliphatic carbocycles. The number of carbonyl (C=O) groups is 2. The second-order valence-corrected chi connectivity index (χ2v) is 26.4. The molecular formula is C76H149NO5. The van der Waals surface area contributed by atoms with Crippen LogP contribution in [0.3, 0.4) is 0 Å². The van der Waals surface area contributed by atoms with Crippen molar-refractivity contribution in [3.05, 3.63) is 12.2 Å². The van der Waals surface area contributed by atoms with Gasteiger partial charge >= 0.3 is 5.97 Å². The van der Waals surface area contributed by atoms with Gasteiger partial charge in [0.15, 0.2) is 0 Å². The molecule has 0 spiro atoms. The molecule has 0 aromatic heterocycles. The Morgan fingerprint density at radius 3 is 0.829 bits per heavy atom. The highest BCUT2D eigenvalue weighted by Crippen LogP contribution is 2.20. The average molecular weight is 1160 g/mol. The number of allylic oxidation sites excluding steroid dienone is 1. The van der Waals surface area contributed by atoms with Crippen molar-refractivity contribution in [2.75, 3.05) is 13.2 Å². The van der Waals surface area contributed by atoms with Crippen LogP contribution < -0.4 is 5.32 Å². The third-order valence-electron chi connectivity index (χ3n) is 18.1. The van der Waals surface area contributed by atoms with Crippen LogP contribution in [-0.2, 0) is 14.3 Å². The van der Waals surface area contributed by atoms with Crippen molar-refractivity contribution in [2.45, 2.75) is 450 Å². The van der Waals surface area contributed by atoms with Gasteiger partial charge in [0.05, 0.1) is 25.4 Å². The number of aliphatic hydroxyl groups excluding tert-OH is 2. The van der Waals surface area contributed by atoms with Gasteiger partial charge in [0.2, 0.25) is 5.91 Å². The van der Waals surface area contributed by atoms with E-state index in [9.17, 15) is 19.8 Å². The summed E-state index contributed by atoms with van der Waals surface area (Å²) in [4.78, 5) is 24.6. The Hall–Kier alpha value is -1.40. The fourth-order valence-corrected chi connectivity index (χ4v) is 12.3. The molecule has 2 atom stereocenters. The van der Waals surface area contributed by atoms with E-state index in [0.717, 1.165) is 38.5 Å². The highest BCUT2D eigenvalue weighted by atomic mass is 16.5. The van der Waals surface area contributed by atoms with Crippen LogP contribution in [0.2, 0.25) is 0 Å². The number of ether oxygens (including phenoxy) is 1. The number of unbranched alkanes of at least 4 members (excludes halogenated alkanes) is 61. The average Bonchev–Trinajstić information content (AvgIpc) is 3.48. The van der Waals surface area contributed by atoms with Crippen LogP contribution in [0.25, 0.3) is 0 Å². The SMILES string of the molecule is CCCCCCCCCCCCCCCCCCCCC/C=C/C(O)C(CO)NC(=O)CCCCCCCCCCCCCCCCCCCCCCCCCCCCCCCOC(=O)CCCCCCCCCCCCCCCCC. The van der Waals surface area contributed by atoms with Gasteiger partial charge in [-0.3, -0.25) is 9.59 Å². The zero-order valence-corrected chi connectivity index (χ0v) is 56.0. The smallest absolute Gasteiger partial charge is 0.305 e. The molecule has 0 heterocycles. The van der Waals surface area contributed by atoms with E-state index in [2.05, 4.69) is 19.2 Å². The molecule has 0 aliphatic heterocycles. The minimum Gasteiger partial charge on any atom is -0.466 e. The highest BCUT2D eigenvalue weighted by molar-refractivity contribution is 5.76. The van der Waals surface area contributed by atoms with Crippen LogP contribution in [0.15, 0.2) is 12.2 Å². The largest absolute Gasteiger partial charge is 0.466 e. The first-order valence-electron chi connectivity index (χ1n) is 38.0. The van der Waals surface area contributed by atoms with Gasteiger partial charge < -0.3 is 20.3 Å². The molecule has 0 fully saturated rings. The first-order chi connectivity index (χ1) is 40.5. The summed E-state index contributed by atoms with van der Waals surface area (Å²) in [5.41, 5.74) is 0. The highest BCUT2D eigenvalue weighted by Gasteiger charge is 2.18. The van der Waals surface area contributed by atoms with E-state index in [1.807, 2.05) is 6.08 Å². The summed E-state index contributed by atoms with van der Waals surface area (Å²) < 4.78 is 5.50. The van der Waals surface area contributed by atoms with Crippen molar-refractivity contribution in [3.8, 4) is 0 Å². The van der Waals surface area contributed by atoms with E-state index in [1.54, 1.807) is 6.08 Å². The molecule has 6 nitrogen and oxygen atoms in total. The van der Waals surface area contributed by atoms with Crippen LogP contribution in [0.5, 0.6) is 0 Å². The quantitative estimate of drug-likeness (QED) is 0.0320. The van der Waals surface area contributed by atoms with E-state index < -0.39 is 12.1 Å². The summed E-state index contributed by atoms with van der Waals surface area (Å²) in [6.07, 6.45) is 90.3. The number of hydrogen-bond donors (Lipinski definition) is 3. The molecule has 1 amide bonds. The first kappa shape index (κ1) is 80.6. The molecule has 6 heteroatoms. The molecule has 0 aliphatic rings. The maximum Gasteiger partial charge on any atom is 0.305 e. The number of hydrogen-bond acceptors (Lipinski definition) is 5. The Morgan fingerprint density at radius 2 is 0.561 bits per heavy atom. The van der Waals surface area contributed by atoms with E-state index in [4.69, 9.17) is 4.74 Å². The summed E-state index contributed by atoms with van der Waals surface area (Å²) in [5, 5.41) is 23.3. The van der Waals surface area contributed by atoms with Gasteiger partial charge in [-0.05, 0) is 32.1 Å². The second kappa shape index (κ2) is 72.1. The van der Waals surface area contributed by atoms with Gasteiger partial charge in [-0.25, -0.2) is 0 Å². The molecule has 0 saturated heterocycles. The topological polar surface area (TPSA) is 95.9 Å². The number of amides is 1. The third kappa shape index (κ3) is 67.7. The van der Waals surface area contributed by atoms with Crippen molar-refractivity contribution in [1.29, 1.82) is 0 Å². The van der Waals surface area contributed by atoms with E-state index in [0.29, 0.717) is 19.4 Å². The molecular weight excluding hydrogens is 1010 g/mol. The summed E-state index contributed by atoms with van der Waals surface area (Å²) >= 11 is 0. The molecule has 2 unspecified atom stereocenters. The lowest BCUT2D eigenvalue weighted by molar-refractivity contribution is -0.143. The Kier molecular flexibility index (Phi) is 70.8. The number of nitrogens with one attached hydrogen (secondary N) is 1. The van der Waals surface area contributed by atoms with Crippen molar-refractivity contribution < 1.29 is 24.5 Å². The Balaban J connectivity index is 3.35. The van der Waals surface area contributed by atoms with Gasteiger partial charge in [-0.15, -0.1) is 0 Å². The normalized spacial score (nSPS) is 12.5. The summed E-state index contributed by atoms with van der Waals surface area (Å²) in [5.74, 6) is -0.0362. The molecule has 0 rings (SSSR count). The van der Waals surface area contributed by atoms with Crippen molar-refractivity contribution in [2.24, 2.45) is 0 Å². The molecule has 82 heavy (non-hydrogen) atoms. The Labute approximate surface area is 514 Å². The third-order valence-corrected chi connectivity index (χ3v) is 18.1. The molecule has 0 aromatic carbocycles. The predicted molar refractivity (Wildman–Crippen MR) is 361 cm³/mol.